The molecule has 0 atom stereocenters. The second kappa shape index (κ2) is 10.1. The second-order valence-corrected chi connectivity index (χ2v) is 8.17. The van der Waals surface area contributed by atoms with Crippen LogP contribution in [0.1, 0.15) is 5.56 Å². The molecule has 3 aromatic rings. The van der Waals surface area contributed by atoms with E-state index >= 15 is 0 Å². The van der Waals surface area contributed by atoms with Crippen LogP contribution in [0.5, 0.6) is 0 Å². The summed E-state index contributed by atoms with van der Waals surface area (Å²) >= 11 is 1.32. The van der Waals surface area contributed by atoms with Gasteiger partial charge in [0.2, 0.25) is 5.91 Å². The third-order valence-electron chi connectivity index (χ3n) is 5.05. The number of piperazine rings is 1. The fourth-order valence-corrected chi connectivity index (χ4v) is 4.13. The number of nitrogens with one attached hydrogen (secondary N) is 1. The van der Waals surface area contributed by atoms with Gasteiger partial charge in [-0.05, 0) is 30.3 Å². The molecule has 4 rings (SSSR count). The minimum absolute atomic E-state index is 0.177. The number of anilines is 3. The van der Waals surface area contributed by atoms with Crippen LogP contribution in [0, 0.1) is 17.1 Å². The van der Waals surface area contributed by atoms with Gasteiger partial charge in [-0.1, -0.05) is 30.0 Å². The number of hydrogen-bond donors (Lipinski definition) is 1. The highest BCUT2D eigenvalue weighted by Crippen LogP contribution is 2.24. The maximum atomic E-state index is 14.0. The van der Waals surface area contributed by atoms with Gasteiger partial charge in [-0.25, -0.2) is 14.4 Å². The fraction of sp³-hybridized carbons (Fsp3) is 0.217. The van der Waals surface area contributed by atoms with Crippen LogP contribution < -0.4 is 15.1 Å². The molecule has 0 bridgehead atoms. The van der Waals surface area contributed by atoms with E-state index in [2.05, 4.69) is 26.3 Å². The number of carbonyl (C=O) groups excluding carboxylic acids is 1. The van der Waals surface area contributed by atoms with Gasteiger partial charge < -0.3 is 15.1 Å². The first-order valence-electron chi connectivity index (χ1n) is 10.1. The molecule has 162 valence electrons. The highest BCUT2D eigenvalue weighted by atomic mass is 32.2. The molecule has 2 heterocycles. The van der Waals surface area contributed by atoms with Gasteiger partial charge in [-0.3, -0.25) is 4.79 Å². The molecular weight excluding hydrogens is 427 g/mol. The van der Waals surface area contributed by atoms with E-state index in [0.717, 1.165) is 5.82 Å². The van der Waals surface area contributed by atoms with Gasteiger partial charge in [-0.2, -0.15) is 5.26 Å². The van der Waals surface area contributed by atoms with Crippen LogP contribution in [0.4, 0.5) is 21.6 Å². The molecule has 1 amide bonds. The lowest BCUT2D eigenvalue weighted by atomic mass is 10.2. The summed E-state index contributed by atoms with van der Waals surface area (Å²) in [6.45, 7) is 2.81. The maximum Gasteiger partial charge on any atom is 0.234 e. The molecule has 32 heavy (non-hydrogen) atoms. The molecule has 2 aromatic carbocycles. The van der Waals surface area contributed by atoms with E-state index in [1.54, 1.807) is 36.4 Å². The summed E-state index contributed by atoms with van der Waals surface area (Å²) in [6.07, 6.45) is 1.50. The van der Waals surface area contributed by atoms with Crippen molar-refractivity contribution in [3.05, 3.63) is 72.3 Å². The van der Waals surface area contributed by atoms with E-state index in [4.69, 9.17) is 5.26 Å². The summed E-state index contributed by atoms with van der Waals surface area (Å²) in [6, 6.07) is 17.5. The average molecular weight is 449 g/mol. The first kappa shape index (κ1) is 21.6. The largest absolute Gasteiger partial charge is 0.366 e. The lowest BCUT2D eigenvalue weighted by molar-refractivity contribution is -0.113. The Kier molecular flexibility index (Phi) is 6.82. The minimum Gasteiger partial charge on any atom is -0.366 e. The van der Waals surface area contributed by atoms with Crippen LogP contribution in [0.3, 0.4) is 0 Å². The number of carbonyl (C=O) groups is 1. The van der Waals surface area contributed by atoms with Crippen LogP contribution in [0.15, 0.2) is 66.0 Å². The van der Waals surface area contributed by atoms with Crippen molar-refractivity contribution in [1.29, 1.82) is 5.26 Å². The molecule has 1 fully saturated rings. The van der Waals surface area contributed by atoms with Gasteiger partial charge in [0.25, 0.3) is 0 Å². The fourth-order valence-electron chi connectivity index (χ4n) is 3.47. The first-order valence-corrected chi connectivity index (χ1v) is 11.1. The number of aromatic nitrogens is 2. The Morgan fingerprint density at radius 2 is 1.84 bits per heavy atom. The highest BCUT2D eigenvalue weighted by Gasteiger charge is 2.20. The second-order valence-electron chi connectivity index (χ2n) is 7.17. The Balaban J connectivity index is 1.31. The monoisotopic (exact) mass is 448 g/mol. The van der Waals surface area contributed by atoms with Crippen molar-refractivity contribution in [2.24, 2.45) is 0 Å². The van der Waals surface area contributed by atoms with Gasteiger partial charge in [0, 0.05) is 37.9 Å². The number of amides is 1. The molecule has 1 saturated heterocycles. The zero-order valence-electron chi connectivity index (χ0n) is 17.2. The Morgan fingerprint density at radius 3 is 2.62 bits per heavy atom. The first-order chi connectivity index (χ1) is 15.6. The molecule has 0 spiro atoms. The van der Waals surface area contributed by atoms with E-state index in [1.165, 1.54) is 24.2 Å². The molecule has 0 saturated carbocycles. The SMILES string of the molecule is N#Cc1cccc(NC(=O)CSc2cc(N3CCN(c4ccccc4F)CC3)ncn2)c1. The summed E-state index contributed by atoms with van der Waals surface area (Å²) in [4.78, 5) is 25.1. The lowest BCUT2D eigenvalue weighted by Crippen LogP contribution is -2.47. The number of nitriles is 1. The Bertz CT molecular complexity index is 1140. The minimum atomic E-state index is -0.209. The van der Waals surface area contributed by atoms with Crippen molar-refractivity contribution < 1.29 is 9.18 Å². The van der Waals surface area contributed by atoms with Gasteiger partial charge in [-0.15, -0.1) is 0 Å². The standard InChI is InChI=1S/C23H21FN6OS/c24-19-6-1-2-7-20(19)29-8-10-30(11-9-29)21-13-23(27-16-26-21)32-15-22(31)28-18-5-3-4-17(12-18)14-25/h1-7,12-13,16H,8-11,15H2,(H,28,31). The average Bonchev–Trinajstić information content (AvgIpc) is 2.83. The van der Waals surface area contributed by atoms with Crippen LogP contribution in [0.25, 0.3) is 0 Å². The zero-order chi connectivity index (χ0) is 22.3. The van der Waals surface area contributed by atoms with Crippen molar-refractivity contribution in [3.63, 3.8) is 0 Å². The number of para-hydroxylation sites is 1. The molecule has 9 heteroatoms. The number of rotatable bonds is 6. The summed E-state index contributed by atoms with van der Waals surface area (Å²) in [5, 5.41) is 12.5. The third-order valence-corrected chi connectivity index (χ3v) is 5.98. The van der Waals surface area contributed by atoms with Gasteiger partial charge >= 0.3 is 0 Å². The number of nitrogens with zero attached hydrogens (tertiary/aromatic N) is 5. The Labute approximate surface area is 189 Å². The Hall–Kier alpha value is -3.64. The molecule has 1 aliphatic rings. The van der Waals surface area contributed by atoms with Gasteiger partial charge in [0.15, 0.2) is 0 Å². The number of thioether (sulfide) groups is 1. The number of halogens is 1. The normalized spacial score (nSPS) is 13.5. The van der Waals surface area contributed by atoms with Crippen molar-refractivity contribution in [2.45, 2.75) is 5.03 Å². The summed E-state index contributed by atoms with van der Waals surface area (Å²) in [5.74, 6) is 0.592. The van der Waals surface area contributed by atoms with E-state index in [1.807, 2.05) is 17.0 Å². The predicted molar refractivity (Wildman–Crippen MR) is 123 cm³/mol. The topological polar surface area (TPSA) is 85.2 Å². The van der Waals surface area contributed by atoms with Crippen molar-refractivity contribution in [3.8, 4) is 6.07 Å². The maximum absolute atomic E-state index is 14.0. The Morgan fingerprint density at radius 1 is 1.06 bits per heavy atom. The van der Waals surface area contributed by atoms with E-state index < -0.39 is 0 Å². The smallest absolute Gasteiger partial charge is 0.234 e. The molecule has 7 nitrogen and oxygen atoms in total. The van der Waals surface area contributed by atoms with E-state index in [-0.39, 0.29) is 17.5 Å². The molecular formula is C23H21FN6OS. The summed E-state index contributed by atoms with van der Waals surface area (Å²) in [5.41, 5.74) is 1.70. The predicted octanol–water partition coefficient (Wildman–Crippen LogP) is 3.54. The molecule has 1 N–H and O–H groups in total. The zero-order valence-corrected chi connectivity index (χ0v) is 18.1. The van der Waals surface area contributed by atoms with Crippen molar-refractivity contribution in [1.82, 2.24) is 9.97 Å². The molecule has 0 unspecified atom stereocenters. The molecule has 0 radical (unpaired) electrons. The van der Waals surface area contributed by atoms with Crippen LogP contribution in [-0.2, 0) is 4.79 Å². The van der Waals surface area contributed by atoms with Crippen LogP contribution >= 0.6 is 11.8 Å². The molecule has 0 aliphatic carbocycles. The molecule has 1 aromatic heterocycles. The summed E-state index contributed by atoms with van der Waals surface area (Å²) < 4.78 is 14.0. The lowest BCUT2D eigenvalue weighted by Gasteiger charge is -2.36. The van der Waals surface area contributed by atoms with Crippen LogP contribution in [-0.4, -0.2) is 47.8 Å². The third kappa shape index (κ3) is 5.34. The van der Waals surface area contributed by atoms with Crippen molar-refractivity contribution >= 4 is 34.9 Å². The molecule has 1 aliphatic heterocycles. The van der Waals surface area contributed by atoms with Gasteiger partial charge in [0.05, 0.1) is 23.1 Å². The van der Waals surface area contributed by atoms with Crippen molar-refractivity contribution in [2.75, 3.05) is 47.0 Å². The van der Waals surface area contributed by atoms with Gasteiger partial charge in [0.1, 0.15) is 23.0 Å². The number of benzene rings is 2. The van der Waals surface area contributed by atoms with E-state index in [9.17, 15) is 9.18 Å². The number of hydrogen-bond acceptors (Lipinski definition) is 7. The summed E-state index contributed by atoms with van der Waals surface area (Å²) in [7, 11) is 0. The highest BCUT2D eigenvalue weighted by molar-refractivity contribution is 7.99. The van der Waals surface area contributed by atoms with Crippen LogP contribution in [0.2, 0.25) is 0 Å². The van der Waals surface area contributed by atoms with E-state index in [0.29, 0.717) is 48.1 Å². The quantitative estimate of drug-likeness (QED) is 0.456.